The summed E-state index contributed by atoms with van der Waals surface area (Å²) in [6.45, 7) is 4.68. The summed E-state index contributed by atoms with van der Waals surface area (Å²) in [4.78, 5) is 25.0. The first-order valence-electron chi connectivity index (χ1n) is 10.3. The van der Waals surface area contributed by atoms with E-state index in [9.17, 15) is 4.79 Å². The fraction of sp³-hybridized carbons (Fsp3) is 0.476. The Morgan fingerprint density at radius 2 is 2.03 bits per heavy atom. The van der Waals surface area contributed by atoms with Crippen LogP contribution < -0.4 is 21.3 Å². The summed E-state index contributed by atoms with van der Waals surface area (Å²) < 4.78 is 0. The largest absolute Gasteiger partial charge is 0.370 e. The van der Waals surface area contributed by atoms with Crippen molar-refractivity contribution in [3.63, 3.8) is 0 Å². The molecule has 2 heterocycles. The molecule has 154 valence electrons. The number of primary amides is 1. The van der Waals surface area contributed by atoms with Gasteiger partial charge in [0.15, 0.2) is 0 Å². The van der Waals surface area contributed by atoms with Crippen molar-refractivity contribution in [1.82, 2.24) is 14.9 Å². The summed E-state index contributed by atoms with van der Waals surface area (Å²) in [5.74, 6) is 1.53. The van der Waals surface area contributed by atoms with Crippen LogP contribution in [0.1, 0.15) is 30.7 Å². The van der Waals surface area contributed by atoms with Crippen LogP contribution in [-0.2, 0) is 4.79 Å². The fourth-order valence-electron chi connectivity index (χ4n) is 3.56. The van der Waals surface area contributed by atoms with E-state index in [2.05, 4.69) is 55.6 Å². The molecule has 1 saturated heterocycles. The molecular formula is C21H29N7O. The topological polar surface area (TPSA) is 99.4 Å². The van der Waals surface area contributed by atoms with Crippen molar-refractivity contribution in [1.29, 1.82) is 0 Å². The number of carbonyl (C=O) groups is 1. The molecule has 1 aliphatic heterocycles. The molecule has 4 N–H and O–H groups in total. The standard InChI is InChI=1S/C21H29N7O/c1-27-9-11-28(12-10-27)17-4-2-3-16(13-17)25-21-24-14-18(15-5-6-15)20(26-21)23-8-7-19(22)29/h2-4,13-15H,5-12H2,1H3,(H2,22,29)(H2,23,24,25,26). The van der Waals surface area contributed by atoms with E-state index in [1.165, 1.54) is 5.69 Å². The van der Waals surface area contributed by atoms with E-state index in [-0.39, 0.29) is 12.3 Å². The molecule has 2 aliphatic rings. The zero-order valence-corrected chi connectivity index (χ0v) is 16.9. The maximum absolute atomic E-state index is 11.0. The fourth-order valence-corrected chi connectivity index (χ4v) is 3.56. The molecule has 8 nitrogen and oxygen atoms in total. The molecule has 29 heavy (non-hydrogen) atoms. The van der Waals surface area contributed by atoms with Gasteiger partial charge in [0, 0.05) is 62.3 Å². The molecule has 1 saturated carbocycles. The van der Waals surface area contributed by atoms with Gasteiger partial charge in [-0.3, -0.25) is 4.79 Å². The first-order valence-corrected chi connectivity index (χ1v) is 10.3. The van der Waals surface area contributed by atoms with Crippen molar-refractivity contribution >= 4 is 29.0 Å². The number of amides is 1. The van der Waals surface area contributed by atoms with Crippen LogP contribution in [0.5, 0.6) is 0 Å². The highest BCUT2D eigenvalue weighted by molar-refractivity contribution is 5.74. The Morgan fingerprint density at radius 3 is 2.76 bits per heavy atom. The molecule has 1 aromatic heterocycles. The number of anilines is 4. The highest BCUT2D eigenvalue weighted by Crippen LogP contribution is 2.42. The minimum Gasteiger partial charge on any atom is -0.370 e. The van der Waals surface area contributed by atoms with E-state index in [0.717, 1.165) is 56.1 Å². The van der Waals surface area contributed by atoms with Gasteiger partial charge in [0.2, 0.25) is 11.9 Å². The highest BCUT2D eigenvalue weighted by atomic mass is 16.1. The monoisotopic (exact) mass is 395 g/mol. The summed E-state index contributed by atoms with van der Waals surface area (Å²) in [5, 5.41) is 6.58. The number of nitrogens with two attached hydrogens (primary N) is 1. The molecule has 0 bridgehead atoms. The van der Waals surface area contributed by atoms with Crippen molar-refractivity contribution in [3.05, 3.63) is 36.0 Å². The minimum atomic E-state index is -0.321. The molecule has 0 spiro atoms. The van der Waals surface area contributed by atoms with Crippen LogP contribution in [-0.4, -0.2) is 60.5 Å². The Kier molecular flexibility index (Phi) is 5.80. The Hall–Kier alpha value is -2.87. The van der Waals surface area contributed by atoms with Gasteiger partial charge >= 0.3 is 0 Å². The Bertz CT molecular complexity index is 860. The third-order valence-corrected chi connectivity index (χ3v) is 5.47. The number of nitrogens with one attached hydrogen (secondary N) is 2. The molecule has 0 unspecified atom stereocenters. The van der Waals surface area contributed by atoms with Crippen LogP contribution in [0.25, 0.3) is 0 Å². The summed E-state index contributed by atoms with van der Waals surface area (Å²) in [5.41, 5.74) is 8.54. The predicted molar refractivity (Wildman–Crippen MR) is 116 cm³/mol. The second-order valence-electron chi connectivity index (χ2n) is 7.88. The third-order valence-electron chi connectivity index (χ3n) is 5.47. The molecule has 0 atom stereocenters. The first-order chi connectivity index (χ1) is 14.1. The van der Waals surface area contributed by atoms with Gasteiger partial charge in [0.05, 0.1) is 0 Å². The summed E-state index contributed by atoms with van der Waals surface area (Å²) in [6.07, 6.45) is 4.50. The number of hydrogen-bond acceptors (Lipinski definition) is 7. The Labute approximate surface area is 171 Å². The molecule has 2 fully saturated rings. The van der Waals surface area contributed by atoms with Gasteiger partial charge in [-0.15, -0.1) is 0 Å². The van der Waals surface area contributed by atoms with E-state index in [4.69, 9.17) is 5.73 Å². The number of hydrogen-bond donors (Lipinski definition) is 3. The average molecular weight is 396 g/mol. The number of benzene rings is 1. The quantitative estimate of drug-likeness (QED) is 0.630. The van der Waals surface area contributed by atoms with Crippen LogP contribution in [0.3, 0.4) is 0 Å². The molecule has 1 aliphatic carbocycles. The lowest BCUT2D eigenvalue weighted by Gasteiger charge is -2.34. The van der Waals surface area contributed by atoms with Crippen molar-refractivity contribution < 1.29 is 4.79 Å². The lowest BCUT2D eigenvalue weighted by atomic mass is 10.2. The Morgan fingerprint density at radius 1 is 1.24 bits per heavy atom. The van der Waals surface area contributed by atoms with Crippen LogP contribution in [0.4, 0.5) is 23.1 Å². The van der Waals surface area contributed by atoms with Gasteiger partial charge in [-0.05, 0) is 44.0 Å². The van der Waals surface area contributed by atoms with Gasteiger partial charge in [0.1, 0.15) is 5.82 Å². The maximum Gasteiger partial charge on any atom is 0.229 e. The van der Waals surface area contributed by atoms with E-state index in [1.54, 1.807) is 0 Å². The van der Waals surface area contributed by atoms with E-state index < -0.39 is 0 Å². The lowest BCUT2D eigenvalue weighted by molar-refractivity contribution is -0.117. The number of nitrogens with zero attached hydrogens (tertiary/aromatic N) is 4. The summed E-state index contributed by atoms with van der Waals surface area (Å²) in [6, 6.07) is 8.37. The SMILES string of the molecule is CN1CCN(c2cccc(Nc3ncc(C4CC4)c(NCCC(N)=O)n3)c2)CC1. The number of carbonyl (C=O) groups excluding carboxylic acids is 1. The molecule has 4 rings (SSSR count). The van der Waals surface area contributed by atoms with Crippen LogP contribution in [0, 0.1) is 0 Å². The lowest BCUT2D eigenvalue weighted by Crippen LogP contribution is -2.44. The van der Waals surface area contributed by atoms with E-state index in [0.29, 0.717) is 18.4 Å². The van der Waals surface area contributed by atoms with Gasteiger partial charge < -0.3 is 26.2 Å². The molecule has 1 aromatic carbocycles. The van der Waals surface area contributed by atoms with Gasteiger partial charge in [0.25, 0.3) is 0 Å². The van der Waals surface area contributed by atoms with Crippen molar-refractivity contribution in [2.24, 2.45) is 5.73 Å². The van der Waals surface area contributed by atoms with Crippen molar-refractivity contribution in [2.75, 3.05) is 55.3 Å². The molecule has 2 aromatic rings. The highest BCUT2D eigenvalue weighted by Gasteiger charge is 2.27. The van der Waals surface area contributed by atoms with Crippen LogP contribution in [0.15, 0.2) is 30.5 Å². The van der Waals surface area contributed by atoms with Crippen molar-refractivity contribution in [3.8, 4) is 0 Å². The number of rotatable bonds is 8. The Balaban J connectivity index is 1.47. The summed E-state index contributed by atoms with van der Waals surface area (Å²) >= 11 is 0. The molecular weight excluding hydrogens is 366 g/mol. The number of piperazine rings is 1. The second-order valence-corrected chi connectivity index (χ2v) is 7.88. The summed E-state index contributed by atoms with van der Waals surface area (Å²) in [7, 11) is 2.16. The van der Waals surface area contributed by atoms with Gasteiger partial charge in [-0.25, -0.2) is 4.98 Å². The zero-order valence-electron chi connectivity index (χ0n) is 16.9. The normalized spacial score (nSPS) is 17.2. The van der Waals surface area contributed by atoms with Crippen LogP contribution in [0.2, 0.25) is 0 Å². The molecule has 0 radical (unpaired) electrons. The number of aromatic nitrogens is 2. The van der Waals surface area contributed by atoms with Crippen LogP contribution >= 0.6 is 0 Å². The van der Waals surface area contributed by atoms with Crippen molar-refractivity contribution in [2.45, 2.75) is 25.2 Å². The second kappa shape index (κ2) is 8.65. The van der Waals surface area contributed by atoms with Gasteiger partial charge in [-0.1, -0.05) is 6.07 Å². The third kappa shape index (κ3) is 5.14. The zero-order chi connectivity index (χ0) is 20.2. The molecule has 1 amide bonds. The molecule has 8 heteroatoms. The maximum atomic E-state index is 11.0. The van der Waals surface area contributed by atoms with E-state index >= 15 is 0 Å². The first kappa shape index (κ1) is 19.4. The minimum absolute atomic E-state index is 0.282. The van der Waals surface area contributed by atoms with Gasteiger partial charge in [-0.2, -0.15) is 4.98 Å². The predicted octanol–water partition coefficient (Wildman–Crippen LogP) is 2.14. The average Bonchev–Trinajstić information content (AvgIpc) is 3.54. The number of likely N-dealkylation sites (N-methyl/N-ethyl adjacent to an activating group) is 1. The van der Waals surface area contributed by atoms with E-state index in [1.807, 2.05) is 12.3 Å². The smallest absolute Gasteiger partial charge is 0.229 e.